The number of carbonyl (C=O) groups is 1. The number of amides is 1. The van der Waals surface area contributed by atoms with Crippen LogP contribution in [0, 0.1) is 5.92 Å². The maximum Gasteiger partial charge on any atom is 0.251 e. The number of β-amino-alcohol motifs (C(OH)–C–C–N with tert-alkyl or cyclic N) is 1. The molecule has 0 radical (unpaired) electrons. The third-order valence-electron chi connectivity index (χ3n) is 6.61. The molecule has 33 heavy (non-hydrogen) atoms. The summed E-state index contributed by atoms with van der Waals surface area (Å²) in [7, 11) is -3.15. The van der Waals surface area contributed by atoms with Gasteiger partial charge in [-0.2, -0.15) is 0 Å². The number of benzene rings is 2. The van der Waals surface area contributed by atoms with Gasteiger partial charge in [0.05, 0.1) is 12.4 Å². The van der Waals surface area contributed by atoms with E-state index in [9.17, 15) is 18.3 Å². The van der Waals surface area contributed by atoms with Gasteiger partial charge in [-0.05, 0) is 54.0 Å². The number of hydrogen-bond donors (Lipinski definition) is 2. The topological polar surface area (TPSA) is 90.0 Å². The van der Waals surface area contributed by atoms with Crippen LogP contribution in [0.1, 0.15) is 33.5 Å². The van der Waals surface area contributed by atoms with Gasteiger partial charge >= 0.3 is 0 Å². The van der Waals surface area contributed by atoms with Gasteiger partial charge in [-0.3, -0.25) is 9.69 Å². The van der Waals surface area contributed by atoms with Crippen molar-refractivity contribution in [2.45, 2.75) is 31.9 Å². The van der Waals surface area contributed by atoms with Gasteiger partial charge in [0.15, 0.2) is 0 Å². The molecule has 2 aliphatic rings. The summed E-state index contributed by atoms with van der Waals surface area (Å²) >= 11 is 0. The average Bonchev–Trinajstić information content (AvgIpc) is 3.27. The number of carbonyl (C=O) groups excluding carboxylic acids is 1. The molecule has 0 spiro atoms. The Labute approximate surface area is 196 Å². The summed E-state index contributed by atoms with van der Waals surface area (Å²) in [4.78, 5) is 14.9. The highest BCUT2D eigenvalue weighted by atomic mass is 32.2. The lowest BCUT2D eigenvalue weighted by molar-refractivity contribution is 0.0841. The first-order chi connectivity index (χ1) is 15.8. The Kier molecular flexibility index (Phi) is 7.48. The molecule has 0 saturated carbocycles. The van der Waals surface area contributed by atoms with Crippen LogP contribution < -0.4 is 5.32 Å². The zero-order valence-corrected chi connectivity index (χ0v) is 19.9. The number of sulfonamides is 1. The molecule has 0 bridgehead atoms. The summed E-state index contributed by atoms with van der Waals surface area (Å²) in [6, 6.07) is 15.9. The first kappa shape index (κ1) is 23.9. The fourth-order valence-electron chi connectivity index (χ4n) is 4.82. The van der Waals surface area contributed by atoms with Gasteiger partial charge in [0.25, 0.3) is 5.91 Å². The van der Waals surface area contributed by atoms with Crippen molar-refractivity contribution < 1.29 is 18.3 Å². The number of nitrogens with zero attached hydrogens (tertiary/aromatic N) is 2. The van der Waals surface area contributed by atoms with Gasteiger partial charge in [-0.25, -0.2) is 12.7 Å². The fourth-order valence-corrected chi connectivity index (χ4v) is 5.74. The lowest BCUT2D eigenvalue weighted by Crippen LogP contribution is -2.42. The van der Waals surface area contributed by atoms with Crippen molar-refractivity contribution in [3.63, 3.8) is 0 Å². The molecule has 2 unspecified atom stereocenters. The molecule has 1 saturated heterocycles. The third-order valence-corrected chi connectivity index (χ3v) is 7.88. The van der Waals surface area contributed by atoms with Crippen LogP contribution in [-0.4, -0.2) is 73.7 Å². The SMILES string of the molecule is CS(=O)(=O)N1CCC(Cc2cccc(C(=O)NCC(O)CN3CCc4ccccc4C3)c2)C1. The lowest BCUT2D eigenvalue weighted by Gasteiger charge is -2.30. The monoisotopic (exact) mass is 471 g/mol. The molecule has 1 fully saturated rings. The second kappa shape index (κ2) is 10.3. The normalized spacial score (nSPS) is 20.4. The molecule has 178 valence electrons. The second-order valence-electron chi connectivity index (χ2n) is 9.30. The molecule has 2 heterocycles. The van der Waals surface area contributed by atoms with Crippen molar-refractivity contribution in [3.05, 3.63) is 70.8 Å². The summed E-state index contributed by atoms with van der Waals surface area (Å²) in [5, 5.41) is 13.3. The van der Waals surface area contributed by atoms with Crippen LogP contribution in [0.2, 0.25) is 0 Å². The zero-order chi connectivity index (χ0) is 23.4. The molecular weight excluding hydrogens is 438 g/mol. The largest absolute Gasteiger partial charge is 0.390 e. The van der Waals surface area contributed by atoms with E-state index in [2.05, 4.69) is 28.4 Å². The minimum atomic E-state index is -3.15. The summed E-state index contributed by atoms with van der Waals surface area (Å²) in [6.45, 7) is 3.54. The zero-order valence-electron chi connectivity index (χ0n) is 19.1. The molecule has 7 nitrogen and oxygen atoms in total. The molecule has 4 rings (SSSR count). The van der Waals surface area contributed by atoms with Crippen molar-refractivity contribution in [2.24, 2.45) is 5.92 Å². The Morgan fingerprint density at radius 1 is 1.15 bits per heavy atom. The maximum absolute atomic E-state index is 12.7. The Morgan fingerprint density at radius 2 is 1.94 bits per heavy atom. The highest BCUT2D eigenvalue weighted by Crippen LogP contribution is 2.23. The van der Waals surface area contributed by atoms with E-state index in [0.29, 0.717) is 25.2 Å². The molecule has 2 aliphatic heterocycles. The van der Waals surface area contributed by atoms with Crippen LogP contribution in [-0.2, 0) is 29.4 Å². The quantitative estimate of drug-likeness (QED) is 0.611. The van der Waals surface area contributed by atoms with E-state index in [0.717, 1.165) is 37.9 Å². The molecule has 8 heteroatoms. The molecule has 2 N–H and O–H groups in total. The standard InChI is InChI=1S/C25H33N3O4S/c1-33(31,32)28-12-9-20(16-28)13-19-5-4-8-22(14-19)25(30)26-15-24(29)18-27-11-10-21-6-2-3-7-23(21)17-27/h2-8,14,20,24,29H,9-13,15-18H2,1H3,(H,26,30). The summed E-state index contributed by atoms with van der Waals surface area (Å²) < 4.78 is 25.0. The molecule has 2 aromatic rings. The second-order valence-corrected chi connectivity index (χ2v) is 11.3. The van der Waals surface area contributed by atoms with E-state index in [1.807, 2.05) is 24.3 Å². The number of fused-ring (bicyclic) bond motifs is 1. The highest BCUT2D eigenvalue weighted by molar-refractivity contribution is 7.88. The lowest BCUT2D eigenvalue weighted by atomic mass is 9.97. The van der Waals surface area contributed by atoms with E-state index in [-0.39, 0.29) is 18.4 Å². The van der Waals surface area contributed by atoms with E-state index in [1.165, 1.54) is 21.7 Å². The number of rotatable bonds is 8. The van der Waals surface area contributed by atoms with E-state index >= 15 is 0 Å². The van der Waals surface area contributed by atoms with Crippen LogP contribution in [0.4, 0.5) is 0 Å². The van der Waals surface area contributed by atoms with Crippen molar-refractivity contribution >= 4 is 15.9 Å². The molecule has 0 aliphatic carbocycles. The number of aliphatic hydroxyl groups is 1. The van der Waals surface area contributed by atoms with E-state index in [1.54, 1.807) is 6.07 Å². The maximum atomic E-state index is 12.7. The van der Waals surface area contributed by atoms with E-state index in [4.69, 9.17) is 0 Å². The summed E-state index contributed by atoms with van der Waals surface area (Å²) in [5.74, 6) is 0.0543. The van der Waals surface area contributed by atoms with Gasteiger partial charge in [-0.1, -0.05) is 36.4 Å². The molecule has 2 aromatic carbocycles. The third kappa shape index (κ3) is 6.41. The minimum absolute atomic E-state index is 0.202. The van der Waals surface area contributed by atoms with Crippen molar-refractivity contribution in [2.75, 3.05) is 39.0 Å². The molecule has 0 aromatic heterocycles. The number of nitrogens with one attached hydrogen (secondary N) is 1. The Morgan fingerprint density at radius 3 is 2.70 bits per heavy atom. The first-order valence-electron chi connectivity index (χ1n) is 11.6. The van der Waals surface area contributed by atoms with Gasteiger partial charge in [0.2, 0.25) is 10.0 Å². The summed E-state index contributed by atoms with van der Waals surface area (Å²) in [6.07, 6.45) is 3.16. The molecule has 2 atom stereocenters. The Hall–Kier alpha value is -2.26. The first-order valence-corrected chi connectivity index (χ1v) is 13.4. The van der Waals surface area contributed by atoms with Crippen LogP contribution in [0.5, 0.6) is 0 Å². The smallest absolute Gasteiger partial charge is 0.251 e. The summed E-state index contributed by atoms with van der Waals surface area (Å²) in [5.41, 5.74) is 4.26. The van der Waals surface area contributed by atoms with Crippen LogP contribution >= 0.6 is 0 Å². The van der Waals surface area contributed by atoms with Crippen molar-refractivity contribution in [1.29, 1.82) is 0 Å². The Bertz CT molecular complexity index is 1090. The number of hydrogen-bond acceptors (Lipinski definition) is 5. The predicted octanol–water partition coefficient (Wildman–Crippen LogP) is 1.66. The van der Waals surface area contributed by atoms with Gasteiger partial charge < -0.3 is 10.4 Å². The molecule has 1 amide bonds. The highest BCUT2D eigenvalue weighted by Gasteiger charge is 2.28. The van der Waals surface area contributed by atoms with Crippen LogP contribution in [0.3, 0.4) is 0 Å². The average molecular weight is 472 g/mol. The van der Waals surface area contributed by atoms with Gasteiger partial charge in [0, 0.05) is 44.8 Å². The Balaban J connectivity index is 1.25. The van der Waals surface area contributed by atoms with E-state index < -0.39 is 16.1 Å². The van der Waals surface area contributed by atoms with Crippen molar-refractivity contribution in [1.82, 2.24) is 14.5 Å². The molecular formula is C25H33N3O4S. The van der Waals surface area contributed by atoms with Gasteiger partial charge in [0.1, 0.15) is 0 Å². The number of aliphatic hydroxyl groups excluding tert-OH is 1. The fraction of sp³-hybridized carbons (Fsp3) is 0.480. The van der Waals surface area contributed by atoms with Crippen LogP contribution in [0.15, 0.2) is 48.5 Å². The van der Waals surface area contributed by atoms with Crippen molar-refractivity contribution in [3.8, 4) is 0 Å². The minimum Gasteiger partial charge on any atom is -0.390 e. The van der Waals surface area contributed by atoms with Crippen LogP contribution in [0.25, 0.3) is 0 Å². The predicted molar refractivity (Wildman–Crippen MR) is 128 cm³/mol. The van der Waals surface area contributed by atoms with Gasteiger partial charge in [-0.15, -0.1) is 0 Å².